The highest BCUT2D eigenvalue weighted by atomic mass is 35.5. The molecule has 1 atom stereocenters. The third kappa shape index (κ3) is 4.43. The number of halogens is 3. The Morgan fingerprint density at radius 1 is 1.25 bits per heavy atom. The van der Waals surface area contributed by atoms with Crippen LogP contribution < -0.4 is 9.46 Å². The molecule has 3 aromatic rings. The SMILES string of the molecule is CC[C@H](Oc1cc(F)c(S(=O)(=O)Nc2cscn2)cc1Cl)c1ccccc1F. The van der Waals surface area contributed by atoms with Crippen LogP contribution in [0.15, 0.2) is 52.2 Å². The summed E-state index contributed by atoms with van der Waals surface area (Å²) < 4.78 is 61.2. The van der Waals surface area contributed by atoms with Gasteiger partial charge in [-0.2, -0.15) is 0 Å². The van der Waals surface area contributed by atoms with E-state index in [0.29, 0.717) is 12.0 Å². The van der Waals surface area contributed by atoms with Gasteiger partial charge in [0.25, 0.3) is 10.0 Å². The van der Waals surface area contributed by atoms with Gasteiger partial charge >= 0.3 is 0 Å². The molecule has 0 spiro atoms. The first kappa shape index (κ1) is 20.5. The number of hydrogen-bond acceptors (Lipinski definition) is 5. The van der Waals surface area contributed by atoms with E-state index < -0.39 is 32.7 Å². The van der Waals surface area contributed by atoms with Crippen LogP contribution in [0.3, 0.4) is 0 Å². The molecule has 0 aliphatic heterocycles. The topological polar surface area (TPSA) is 68.3 Å². The molecular weight excluding hydrogens is 430 g/mol. The number of rotatable bonds is 7. The van der Waals surface area contributed by atoms with Gasteiger partial charge in [-0.15, -0.1) is 11.3 Å². The van der Waals surface area contributed by atoms with Crippen LogP contribution in [0.2, 0.25) is 5.02 Å². The third-order valence-electron chi connectivity index (χ3n) is 3.84. The number of anilines is 1. The predicted octanol–water partition coefficient (Wildman–Crippen LogP) is 5.41. The molecule has 0 unspecified atom stereocenters. The van der Waals surface area contributed by atoms with E-state index in [4.69, 9.17) is 16.3 Å². The zero-order valence-corrected chi connectivity index (χ0v) is 16.9. The van der Waals surface area contributed by atoms with Crippen LogP contribution in [0.5, 0.6) is 5.75 Å². The number of benzene rings is 2. The van der Waals surface area contributed by atoms with Crippen LogP contribution in [0.1, 0.15) is 25.0 Å². The highest BCUT2D eigenvalue weighted by Gasteiger charge is 2.24. The monoisotopic (exact) mass is 444 g/mol. The normalized spacial score (nSPS) is 12.6. The fourth-order valence-corrected chi connectivity index (χ4v) is 4.44. The zero-order valence-electron chi connectivity index (χ0n) is 14.5. The Bertz CT molecular complexity index is 1080. The molecule has 0 saturated heterocycles. The van der Waals surface area contributed by atoms with Crippen molar-refractivity contribution < 1.29 is 21.9 Å². The first-order valence-corrected chi connectivity index (χ1v) is 10.9. The summed E-state index contributed by atoms with van der Waals surface area (Å²) in [6.07, 6.45) is -0.321. The van der Waals surface area contributed by atoms with Crippen molar-refractivity contribution in [2.75, 3.05) is 4.72 Å². The molecular formula is C18H15ClF2N2O3S2. The molecule has 28 heavy (non-hydrogen) atoms. The quantitative estimate of drug-likeness (QED) is 0.529. The lowest BCUT2D eigenvalue weighted by molar-refractivity contribution is 0.195. The third-order valence-corrected chi connectivity index (χ3v) is 6.09. The van der Waals surface area contributed by atoms with Gasteiger partial charge in [-0.3, -0.25) is 4.72 Å². The van der Waals surface area contributed by atoms with Crippen molar-refractivity contribution in [3.05, 3.63) is 69.5 Å². The Morgan fingerprint density at radius 3 is 2.64 bits per heavy atom. The van der Waals surface area contributed by atoms with Crippen molar-refractivity contribution in [3.8, 4) is 5.75 Å². The fraction of sp³-hybridized carbons (Fsp3) is 0.167. The van der Waals surface area contributed by atoms with Crippen molar-refractivity contribution >= 4 is 38.8 Å². The maximum atomic E-state index is 14.5. The lowest BCUT2D eigenvalue weighted by Gasteiger charge is -2.20. The smallest absolute Gasteiger partial charge is 0.266 e. The fourth-order valence-electron chi connectivity index (χ4n) is 2.52. The largest absolute Gasteiger partial charge is 0.484 e. The maximum absolute atomic E-state index is 14.5. The summed E-state index contributed by atoms with van der Waals surface area (Å²) in [7, 11) is -4.23. The summed E-state index contributed by atoms with van der Waals surface area (Å²) >= 11 is 7.31. The number of thiazole rings is 1. The van der Waals surface area contributed by atoms with Crippen LogP contribution in [-0.2, 0) is 10.0 Å². The Hall–Kier alpha value is -2.23. The first-order chi connectivity index (χ1) is 13.3. The standard InChI is InChI=1S/C18H15ClF2N2O3S2/c1-2-15(11-5-3-4-6-13(11)20)26-16-8-14(21)17(7-12(16)19)28(24,25)23-18-9-27-10-22-18/h3-10,15,23H,2H2,1H3/t15-/m0/s1. The minimum atomic E-state index is -4.23. The van der Waals surface area contributed by atoms with E-state index in [0.717, 1.165) is 12.1 Å². The molecule has 148 valence electrons. The number of sulfonamides is 1. The van der Waals surface area contributed by atoms with Gasteiger partial charge in [0, 0.05) is 17.0 Å². The summed E-state index contributed by atoms with van der Waals surface area (Å²) in [6, 6.07) is 7.89. The summed E-state index contributed by atoms with van der Waals surface area (Å²) in [6.45, 7) is 1.78. The molecule has 0 radical (unpaired) electrons. The average Bonchev–Trinajstić information content (AvgIpc) is 3.15. The van der Waals surface area contributed by atoms with Gasteiger partial charge in [-0.1, -0.05) is 36.7 Å². The number of aromatic nitrogens is 1. The maximum Gasteiger partial charge on any atom is 0.266 e. The molecule has 10 heteroatoms. The Kier molecular flexibility index (Phi) is 6.17. The van der Waals surface area contributed by atoms with Crippen LogP contribution >= 0.6 is 22.9 Å². The predicted molar refractivity (Wildman–Crippen MR) is 104 cm³/mol. The van der Waals surface area contributed by atoms with Crippen molar-refractivity contribution in [1.29, 1.82) is 0 Å². The van der Waals surface area contributed by atoms with E-state index in [1.165, 1.54) is 28.3 Å². The van der Waals surface area contributed by atoms with Crippen molar-refractivity contribution in [2.24, 2.45) is 0 Å². The molecule has 5 nitrogen and oxygen atoms in total. The number of nitrogens with zero attached hydrogens (tertiary/aromatic N) is 1. The molecule has 0 aliphatic rings. The molecule has 0 amide bonds. The summed E-state index contributed by atoms with van der Waals surface area (Å²) in [5.74, 6) is -1.52. The molecule has 0 fully saturated rings. The Labute approximate surface area is 170 Å². The van der Waals surface area contributed by atoms with Gasteiger partial charge in [0.05, 0.1) is 10.5 Å². The minimum absolute atomic E-state index is 0.0754. The van der Waals surface area contributed by atoms with Crippen LogP contribution in [0.4, 0.5) is 14.6 Å². The molecule has 0 saturated carbocycles. The second-order valence-corrected chi connectivity index (χ2v) is 8.51. The molecule has 3 rings (SSSR count). The number of hydrogen-bond donors (Lipinski definition) is 1. The lowest BCUT2D eigenvalue weighted by atomic mass is 10.1. The van der Waals surface area contributed by atoms with E-state index in [1.54, 1.807) is 25.1 Å². The van der Waals surface area contributed by atoms with Gasteiger partial charge in [0.2, 0.25) is 0 Å². The van der Waals surface area contributed by atoms with E-state index in [-0.39, 0.29) is 16.6 Å². The van der Waals surface area contributed by atoms with E-state index in [1.807, 2.05) is 0 Å². The van der Waals surface area contributed by atoms with E-state index >= 15 is 0 Å². The summed E-state index contributed by atoms with van der Waals surface area (Å²) in [5, 5.41) is 1.35. The van der Waals surface area contributed by atoms with Crippen LogP contribution in [-0.4, -0.2) is 13.4 Å². The molecule has 1 aromatic heterocycles. The second-order valence-electron chi connectivity index (χ2n) is 5.73. The van der Waals surface area contributed by atoms with Gasteiger partial charge < -0.3 is 4.74 Å². The van der Waals surface area contributed by atoms with E-state index in [9.17, 15) is 17.2 Å². The van der Waals surface area contributed by atoms with Crippen LogP contribution in [0, 0.1) is 11.6 Å². The zero-order chi connectivity index (χ0) is 20.3. The lowest BCUT2D eigenvalue weighted by Crippen LogP contribution is -2.15. The summed E-state index contributed by atoms with van der Waals surface area (Å²) in [5.41, 5.74) is 1.73. The Morgan fingerprint density at radius 2 is 2.00 bits per heavy atom. The van der Waals surface area contributed by atoms with Gasteiger partial charge in [-0.25, -0.2) is 22.2 Å². The number of ether oxygens (including phenoxy) is 1. The number of nitrogens with one attached hydrogen (secondary N) is 1. The van der Waals surface area contributed by atoms with E-state index in [2.05, 4.69) is 9.71 Å². The highest BCUT2D eigenvalue weighted by Crippen LogP contribution is 2.35. The van der Waals surface area contributed by atoms with Crippen molar-refractivity contribution in [1.82, 2.24) is 4.98 Å². The van der Waals surface area contributed by atoms with Crippen molar-refractivity contribution in [2.45, 2.75) is 24.3 Å². The second kappa shape index (κ2) is 8.42. The summed E-state index contributed by atoms with van der Waals surface area (Å²) in [4.78, 5) is 3.16. The van der Waals surface area contributed by atoms with Gasteiger partial charge in [0.1, 0.15) is 28.4 Å². The molecule has 0 aliphatic carbocycles. The molecule has 0 bridgehead atoms. The average molecular weight is 445 g/mol. The van der Waals surface area contributed by atoms with Gasteiger partial charge in [-0.05, 0) is 18.6 Å². The van der Waals surface area contributed by atoms with Crippen molar-refractivity contribution in [3.63, 3.8) is 0 Å². The van der Waals surface area contributed by atoms with Crippen LogP contribution in [0.25, 0.3) is 0 Å². The molecule has 1 N–H and O–H groups in total. The Balaban J connectivity index is 1.90. The van der Waals surface area contributed by atoms with Gasteiger partial charge in [0.15, 0.2) is 5.82 Å². The molecule has 1 heterocycles. The molecule has 2 aromatic carbocycles. The first-order valence-electron chi connectivity index (χ1n) is 8.13. The highest BCUT2D eigenvalue weighted by molar-refractivity contribution is 7.92. The minimum Gasteiger partial charge on any atom is -0.484 e.